The van der Waals surface area contributed by atoms with Gasteiger partial charge in [0.15, 0.2) is 0 Å². The zero-order valence-corrected chi connectivity index (χ0v) is 13.7. The monoisotopic (exact) mass is 323 g/mol. The standard InChI is InChI=1S/C17H25NO5/c1-3-22-16(19)10-11-18-15(17(20)23-4-2)13-21-12-14-8-6-5-7-9-14/h5-9,15,18H,3-4,10-13H2,1-2H3. The van der Waals surface area contributed by atoms with Gasteiger partial charge in [-0.1, -0.05) is 30.3 Å². The number of rotatable bonds is 11. The molecule has 0 radical (unpaired) electrons. The van der Waals surface area contributed by atoms with Crippen molar-refractivity contribution in [3.8, 4) is 0 Å². The molecule has 0 saturated heterocycles. The van der Waals surface area contributed by atoms with Crippen LogP contribution in [-0.4, -0.2) is 44.3 Å². The molecule has 1 aromatic carbocycles. The van der Waals surface area contributed by atoms with Gasteiger partial charge in [0, 0.05) is 6.54 Å². The van der Waals surface area contributed by atoms with Crippen LogP contribution in [0.15, 0.2) is 30.3 Å². The van der Waals surface area contributed by atoms with Crippen molar-refractivity contribution in [3.05, 3.63) is 35.9 Å². The normalized spacial score (nSPS) is 11.7. The highest BCUT2D eigenvalue weighted by Gasteiger charge is 2.19. The molecule has 1 unspecified atom stereocenters. The summed E-state index contributed by atoms with van der Waals surface area (Å²) < 4.78 is 15.4. The van der Waals surface area contributed by atoms with Crippen LogP contribution in [0.1, 0.15) is 25.8 Å². The summed E-state index contributed by atoms with van der Waals surface area (Å²) in [5.41, 5.74) is 1.03. The molecule has 6 nitrogen and oxygen atoms in total. The van der Waals surface area contributed by atoms with Gasteiger partial charge >= 0.3 is 11.9 Å². The fourth-order valence-electron chi connectivity index (χ4n) is 1.90. The van der Waals surface area contributed by atoms with Crippen LogP contribution in [0, 0.1) is 0 Å². The smallest absolute Gasteiger partial charge is 0.325 e. The Morgan fingerprint density at radius 1 is 1.09 bits per heavy atom. The second kappa shape index (κ2) is 11.6. The average Bonchev–Trinajstić information content (AvgIpc) is 2.55. The van der Waals surface area contributed by atoms with Crippen LogP contribution < -0.4 is 5.32 Å². The van der Waals surface area contributed by atoms with Gasteiger partial charge in [0.05, 0.1) is 32.8 Å². The molecular weight excluding hydrogens is 298 g/mol. The van der Waals surface area contributed by atoms with Gasteiger partial charge in [-0.25, -0.2) is 0 Å². The lowest BCUT2D eigenvalue weighted by Gasteiger charge is -2.17. The van der Waals surface area contributed by atoms with E-state index >= 15 is 0 Å². The van der Waals surface area contributed by atoms with E-state index in [1.165, 1.54) is 0 Å². The van der Waals surface area contributed by atoms with Crippen molar-refractivity contribution in [2.75, 3.05) is 26.4 Å². The summed E-state index contributed by atoms with van der Waals surface area (Å²) in [5, 5.41) is 2.98. The highest BCUT2D eigenvalue weighted by atomic mass is 16.5. The maximum absolute atomic E-state index is 11.9. The van der Waals surface area contributed by atoms with Gasteiger partial charge in [0.25, 0.3) is 0 Å². The van der Waals surface area contributed by atoms with Crippen LogP contribution in [0.5, 0.6) is 0 Å². The fraction of sp³-hybridized carbons (Fsp3) is 0.529. The average molecular weight is 323 g/mol. The summed E-state index contributed by atoms with van der Waals surface area (Å²) >= 11 is 0. The molecule has 0 spiro atoms. The highest BCUT2D eigenvalue weighted by molar-refractivity contribution is 5.76. The van der Waals surface area contributed by atoms with Crippen LogP contribution >= 0.6 is 0 Å². The summed E-state index contributed by atoms with van der Waals surface area (Å²) in [7, 11) is 0. The number of benzene rings is 1. The van der Waals surface area contributed by atoms with Crippen molar-refractivity contribution in [2.24, 2.45) is 0 Å². The Hall–Kier alpha value is -1.92. The molecule has 23 heavy (non-hydrogen) atoms. The third-order valence-electron chi connectivity index (χ3n) is 2.99. The molecule has 0 aliphatic carbocycles. The Kier molecular flexibility index (Phi) is 9.66. The molecule has 6 heteroatoms. The van der Waals surface area contributed by atoms with Crippen LogP contribution in [0.4, 0.5) is 0 Å². The summed E-state index contributed by atoms with van der Waals surface area (Å²) in [6.45, 7) is 5.07. The van der Waals surface area contributed by atoms with Crippen LogP contribution in [-0.2, 0) is 30.4 Å². The van der Waals surface area contributed by atoms with E-state index in [0.717, 1.165) is 5.56 Å². The first-order valence-electron chi connectivity index (χ1n) is 7.84. The molecule has 0 bridgehead atoms. The molecule has 0 aliphatic rings. The molecular formula is C17H25NO5. The largest absolute Gasteiger partial charge is 0.466 e. The Morgan fingerprint density at radius 3 is 2.43 bits per heavy atom. The van der Waals surface area contributed by atoms with E-state index in [1.54, 1.807) is 13.8 Å². The van der Waals surface area contributed by atoms with E-state index in [1.807, 2.05) is 30.3 Å². The third-order valence-corrected chi connectivity index (χ3v) is 2.99. The molecule has 0 aliphatic heterocycles. The molecule has 1 aromatic rings. The minimum Gasteiger partial charge on any atom is -0.466 e. The minimum absolute atomic E-state index is 0.177. The first-order valence-corrected chi connectivity index (χ1v) is 7.84. The Bertz CT molecular complexity index is 463. The number of carbonyl (C=O) groups excluding carboxylic acids is 2. The van der Waals surface area contributed by atoms with E-state index in [2.05, 4.69) is 5.32 Å². The van der Waals surface area contributed by atoms with Gasteiger partial charge < -0.3 is 19.5 Å². The van der Waals surface area contributed by atoms with Crippen molar-refractivity contribution >= 4 is 11.9 Å². The highest BCUT2D eigenvalue weighted by Crippen LogP contribution is 2.02. The van der Waals surface area contributed by atoms with Crippen LogP contribution in [0.3, 0.4) is 0 Å². The zero-order chi connectivity index (χ0) is 16.9. The first kappa shape index (κ1) is 19.1. The molecule has 1 atom stereocenters. The maximum atomic E-state index is 11.9. The van der Waals surface area contributed by atoms with E-state index in [0.29, 0.717) is 26.4 Å². The molecule has 0 fully saturated rings. The second-order valence-electron chi connectivity index (χ2n) is 4.81. The van der Waals surface area contributed by atoms with Crippen LogP contribution in [0.2, 0.25) is 0 Å². The second-order valence-corrected chi connectivity index (χ2v) is 4.81. The summed E-state index contributed by atoms with van der Waals surface area (Å²) in [5.74, 6) is -0.683. The Balaban J connectivity index is 2.39. The van der Waals surface area contributed by atoms with Gasteiger partial charge in [-0.2, -0.15) is 0 Å². The number of hydrogen-bond donors (Lipinski definition) is 1. The number of nitrogens with one attached hydrogen (secondary N) is 1. The molecule has 0 aromatic heterocycles. The predicted octanol–water partition coefficient (Wildman–Crippen LogP) is 1.68. The van der Waals surface area contributed by atoms with Gasteiger partial charge in [-0.05, 0) is 19.4 Å². The first-order chi connectivity index (χ1) is 11.2. The van der Waals surface area contributed by atoms with Crippen molar-refractivity contribution in [3.63, 3.8) is 0 Å². The van der Waals surface area contributed by atoms with E-state index < -0.39 is 6.04 Å². The molecule has 1 N–H and O–H groups in total. The van der Waals surface area contributed by atoms with Gasteiger partial charge in [-0.3, -0.25) is 9.59 Å². The molecule has 0 amide bonds. The van der Waals surface area contributed by atoms with Crippen molar-refractivity contribution in [1.82, 2.24) is 5.32 Å². The summed E-state index contributed by atoms with van der Waals surface area (Å²) in [6.07, 6.45) is 0.197. The van der Waals surface area contributed by atoms with Crippen molar-refractivity contribution in [1.29, 1.82) is 0 Å². The third kappa shape index (κ3) is 8.32. The Labute approximate surface area is 137 Å². The number of hydrogen-bond acceptors (Lipinski definition) is 6. The van der Waals surface area contributed by atoms with Gasteiger partial charge in [-0.15, -0.1) is 0 Å². The predicted molar refractivity (Wildman–Crippen MR) is 85.8 cm³/mol. The molecule has 1 rings (SSSR count). The number of ether oxygens (including phenoxy) is 3. The topological polar surface area (TPSA) is 73.9 Å². The lowest BCUT2D eigenvalue weighted by Crippen LogP contribution is -2.42. The molecule has 0 saturated carbocycles. The quantitative estimate of drug-likeness (QED) is 0.625. The van der Waals surface area contributed by atoms with Crippen LogP contribution in [0.25, 0.3) is 0 Å². The van der Waals surface area contributed by atoms with Crippen molar-refractivity contribution in [2.45, 2.75) is 32.9 Å². The lowest BCUT2D eigenvalue weighted by atomic mass is 10.2. The minimum atomic E-state index is -0.604. The molecule has 128 valence electrons. The summed E-state index contributed by atoms with van der Waals surface area (Å²) in [4.78, 5) is 23.2. The van der Waals surface area contributed by atoms with E-state index in [4.69, 9.17) is 14.2 Å². The summed E-state index contributed by atoms with van der Waals surface area (Å²) in [6, 6.07) is 9.09. The maximum Gasteiger partial charge on any atom is 0.325 e. The molecule has 0 heterocycles. The van der Waals surface area contributed by atoms with Crippen molar-refractivity contribution < 1.29 is 23.8 Å². The SMILES string of the molecule is CCOC(=O)CCNC(COCc1ccccc1)C(=O)OCC. The Morgan fingerprint density at radius 2 is 1.78 bits per heavy atom. The lowest BCUT2D eigenvalue weighted by molar-refractivity contribution is -0.148. The van der Waals surface area contributed by atoms with E-state index in [9.17, 15) is 9.59 Å². The zero-order valence-electron chi connectivity index (χ0n) is 13.7. The number of esters is 2. The van der Waals surface area contributed by atoms with E-state index in [-0.39, 0.29) is 25.0 Å². The van der Waals surface area contributed by atoms with Gasteiger partial charge in [0.1, 0.15) is 6.04 Å². The number of carbonyl (C=O) groups is 2. The van der Waals surface area contributed by atoms with Gasteiger partial charge in [0.2, 0.25) is 0 Å². The fourth-order valence-corrected chi connectivity index (χ4v) is 1.90.